The van der Waals surface area contributed by atoms with Crippen molar-refractivity contribution in [1.82, 2.24) is 0 Å². The van der Waals surface area contributed by atoms with Crippen molar-refractivity contribution < 1.29 is 13.3 Å². The smallest absolute Gasteiger partial charge is 0.377 e. The van der Waals surface area contributed by atoms with Crippen LogP contribution in [0, 0.1) is 0 Å². The molecule has 74 valence electrons. The molecular weight excluding hydrogens is 196 g/mol. The molecule has 3 nitrogen and oxygen atoms in total. The maximum Gasteiger partial charge on any atom is 0.497 e. The maximum absolute atomic E-state index is 5.51. The van der Waals surface area contributed by atoms with Gasteiger partial charge in [0.05, 0.1) is 0 Å². The Kier molecular flexibility index (Phi) is 7.08. The Hall–Kier alpha value is 0.387. The zero-order chi connectivity index (χ0) is 9.45. The van der Waals surface area contributed by atoms with Crippen LogP contribution in [-0.4, -0.2) is 35.5 Å². The van der Waals surface area contributed by atoms with Crippen LogP contribution in [-0.2, 0) is 13.3 Å². The first kappa shape index (κ1) is 12.4. The molecule has 0 aliphatic heterocycles. The minimum absolute atomic E-state index is 0.664. The average molecular weight is 213 g/mol. The van der Waals surface area contributed by atoms with Crippen molar-refractivity contribution >= 4 is 20.4 Å². The van der Waals surface area contributed by atoms with Gasteiger partial charge in [-0.1, -0.05) is 0 Å². The van der Waals surface area contributed by atoms with E-state index < -0.39 is 8.80 Å². The first-order valence-corrected chi connectivity index (χ1v) is 6.74. The highest BCUT2D eigenvalue weighted by molar-refractivity contribution is 6.59. The summed E-state index contributed by atoms with van der Waals surface area (Å²) in [6, 6.07) is 0. The van der Waals surface area contributed by atoms with E-state index in [0.29, 0.717) is 12.5 Å². The molecule has 0 radical (unpaired) electrons. The van der Waals surface area contributed by atoms with E-state index in [2.05, 4.69) is 0 Å². The van der Waals surface area contributed by atoms with Gasteiger partial charge >= 0.3 is 8.80 Å². The molecule has 0 saturated carbocycles. The van der Waals surface area contributed by atoms with Crippen LogP contribution >= 0.6 is 11.6 Å². The van der Waals surface area contributed by atoms with Gasteiger partial charge in [0, 0.05) is 33.3 Å². The number of rotatable bonds is 7. The van der Waals surface area contributed by atoms with Crippen molar-refractivity contribution in [3.8, 4) is 0 Å². The van der Waals surface area contributed by atoms with Crippen molar-refractivity contribution in [3.63, 3.8) is 0 Å². The van der Waals surface area contributed by atoms with E-state index in [1.165, 1.54) is 0 Å². The van der Waals surface area contributed by atoms with Crippen LogP contribution in [0.2, 0.25) is 6.55 Å². The van der Waals surface area contributed by atoms with Crippen LogP contribution in [0.25, 0.3) is 0 Å². The Bertz CT molecular complexity index is 109. The van der Waals surface area contributed by atoms with Gasteiger partial charge in [0.1, 0.15) is 0 Å². The monoisotopic (exact) mass is 212 g/mol. The van der Waals surface area contributed by atoms with E-state index in [1.54, 1.807) is 14.2 Å². The molecular formula is C7H17ClO3Si. The minimum Gasteiger partial charge on any atom is -0.377 e. The molecule has 0 aromatic carbocycles. The normalized spacial score (nSPS) is 12.0. The lowest BCUT2D eigenvalue weighted by atomic mass is 10.4. The Morgan fingerprint density at radius 3 is 2.17 bits per heavy atom. The minimum atomic E-state index is -2.29. The predicted molar refractivity (Wildman–Crippen MR) is 51.5 cm³/mol. The second kappa shape index (κ2) is 6.86. The Labute approximate surface area is 80.3 Å². The summed E-state index contributed by atoms with van der Waals surface area (Å²) in [5.41, 5.74) is 0. The quantitative estimate of drug-likeness (QED) is 0.367. The summed E-state index contributed by atoms with van der Waals surface area (Å²) in [4.78, 5) is 0. The molecule has 0 aromatic rings. The fourth-order valence-corrected chi connectivity index (χ4v) is 1.76. The number of halogens is 1. The summed E-state index contributed by atoms with van der Waals surface area (Å²) < 4.78 is 15.7. The number of unbranched alkanes of at least 4 members (excludes halogenated alkanes) is 1. The summed E-state index contributed by atoms with van der Waals surface area (Å²) in [5.74, 6) is 0.682. The summed E-state index contributed by atoms with van der Waals surface area (Å²) in [6.45, 7) is 2.53. The highest BCUT2D eigenvalue weighted by atomic mass is 35.5. The number of hydrogen-bond donors (Lipinski definition) is 0. The molecule has 0 N–H and O–H groups in total. The molecule has 0 fully saturated rings. The van der Waals surface area contributed by atoms with Crippen LogP contribution < -0.4 is 0 Å². The third-order valence-electron chi connectivity index (χ3n) is 1.63. The molecule has 0 spiro atoms. The van der Waals surface area contributed by atoms with Gasteiger partial charge in [-0.3, -0.25) is 0 Å². The van der Waals surface area contributed by atoms with Gasteiger partial charge in [-0.2, -0.15) is 0 Å². The van der Waals surface area contributed by atoms with Crippen molar-refractivity contribution in [3.05, 3.63) is 0 Å². The van der Waals surface area contributed by atoms with Crippen LogP contribution in [0.3, 0.4) is 0 Å². The summed E-state index contributed by atoms with van der Waals surface area (Å²) in [7, 11) is 0.926. The lowest BCUT2D eigenvalue weighted by Crippen LogP contribution is -2.40. The van der Waals surface area contributed by atoms with E-state index in [1.807, 2.05) is 6.55 Å². The summed E-state index contributed by atoms with van der Waals surface area (Å²) >= 11 is 5.51. The number of hydrogen-bond acceptors (Lipinski definition) is 3. The number of alkyl halides is 1. The van der Waals surface area contributed by atoms with Gasteiger partial charge in [0.25, 0.3) is 0 Å². The molecule has 0 saturated heterocycles. The Balaban J connectivity index is 3.45. The van der Waals surface area contributed by atoms with Crippen molar-refractivity contribution in [1.29, 1.82) is 0 Å². The van der Waals surface area contributed by atoms with Gasteiger partial charge in [0.2, 0.25) is 0 Å². The molecule has 12 heavy (non-hydrogen) atoms. The van der Waals surface area contributed by atoms with Crippen LogP contribution in [0.5, 0.6) is 0 Å². The van der Waals surface area contributed by atoms with Gasteiger partial charge < -0.3 is 13.3 Å². The van der Waals surface area contributed by atoms with Gasteiger partial charge in [-0.25, -0.2) is 0 Å². The van der Waals surface area contributed by atoms with Crippen molar-refractivity contribution in [2.45, 2.75) is 19.4 Å². The third kappa shape index (κ3) is 5.11. The molecule has 0 unspecified atom stereocenters. The fourth-order valence-electron chi connectivity index (χ4n) is 0.655. The molecule has 0 atom stereocenters. The lowest BCUT2D eigenvalue weighted by Gasteiger charge is -2.21. The van der Waals surface area contributed by atoms with Gasteiger partial charge in [-0.05, 0) is 12.8 Å². The third-order valence-corrected chi connectivity index (χ3v) is 4.11. The van der Waals surface area contributed by atoms with E-state index >= 15 is 0 Å². The van der Waals surface area contributed by atoms with E-state index in [0.717, 1.165) is 12.8 Å². The standard InChI is InChI=1S/C7H17ClO3Si/c1-9-12(3,10-2)11-7-5-4-6-8/h4-7H2,1-3H3. The predicted octanol–water partition coefficient (Wildman–Crippen LogP) is 1.88. The SMILES string of the molecule is CO[Si](C)(OC)OCCCCCl. The zero-order valence-corrected chi connectivity index (χ0v) is 9.69. The molecule has 0 aliphatic rings. The lowest BCUT2D eigenvalue weighted by molar-refractivity contribution is 0.104. The van der Waals surface area contributed by atoms with Crippen molar-refractivity contribution in [2.24, 2.45) is 0 Å². The molecule has 0 aliphatic carbocycles. The maximum atomic E-state index is 5.51. The van der Waals surface area contributed by atoms with Crippen LogP contribution in [0.4, 0.5) is 0 Å². The van der Waals surface area contributed by atoms with E-state index in [9.17, 15) is 0 Å². The largest absolute Gasteiger partial charge is 0.497 e. The first-order chi connectivity index (χ1) is 5.68. The summed E-state index contributed by atoms with van der Waals surface area (Å²) in [5, 5.41) is 0. The van der Waals surface area contributed by atoms with Gasteiger partial charge in [-0.15, -0.1) is 11.6 Å². The topological polar surface area (TPSA) is 27.7 Å². The summed E-state index contributed by atoms with van der Waals surface area (Å²) in [6.07, 6.45) is 1.93. The highest BCUT2D eigenvalue weighted by Crippen LogP contribution is 2.07. The first-order valence-electron chi connectivity index (χ1n) is 3.98. The van der Waals surface area contributed by atoms with Gasteiger partial charge in [0.15, 0.2) is 0 Å². The molecule has 0 heterocycles. The van der Waals surface area contributed by atoms with E-state index in [4.69, 9.17) is 24.9 Å². The average Bonchev–Trinajstić information content (AvgIpc) is 2.12. The molecule has 0 amide bonds. The zero-order valence-electron chi connectivity index (χ0n) is 7.93. The second-order valence-electron chi connectivity index (χ2n) is 2.52. The molecule has 0 aromatic heterocycles. The second-order valence-corrected chi connectivity index (χ2v) is 5.72. The van der Waals surface area contributed by atoms with Crippen molar-refractivity contribution in [2.75, 3.05) is 26.7 Å². The van der Waals surface area contributed by atoms with E-state index in [-0.39, 0.29) is 0 Å². The Morgan fingerprint density at radius 1 is 1.17 bits per heavy atom. The van der Waals surface area contributed by atoms with Crippen LogP contribution in [0.15, 0.2) is 0 Å². The molecule has 0 bridgehead atoms. The molecule has 5 heteroatoms. The van der Waals surface area contributed by atoms with Crippen LogP contribution in [0.1, 0.15) is 12.8 Å². The fraction of sp³-hybridized carbons (Fsp3) is 1.00. The molecule has 0 rings (SSSR count). The highest BCUT2D eigenvalue weighted by Gasteiger charge is 2.31. The Morgan fingerprint density at radius 2 is 1.75 bits per heavy atom.